The molecule has 0 saturated carbocycles. The molecule has 7 nitrogen and oxygen atoms in total. The zero-order valence-electron chi connectivity index (χ0n) is 14.0. The number of hydrogen-bond acceptors (Lipinski definition) is 5. The Kier molecular flexibility index (Phi) is 3.81. The zero-order valence-corrected chi connectivity index (χ0v) is 14.0. The van der Waals surface area contributed by atoms with E-state index in [1.54, 1.807) is 10.7 Å². The zero-order chi connectivity index (χ0) is 18.1. The minimum Gasteiger partial charge on any atom is -0.384 e. The molecule has 3 heterocycles. The Hall–Kier alpha value is -3.74. The van der Waals surface area contributed by atoms with Crippen LogP contribution in [-0.4, -0.2) is 25.5 Å². The molecule has 1 amide bonds. The van der Waals surface area contributed by atoms with E-state index in [0.717, 1.165) is 16.8 Å². The molecule has 0 fully saturated rings. The number of nitrogens with two attached hydrogens (primary N) is 1. The van der Waals surface area contributed by atoms with Gasteiger partial charge in [-0.2, -0.15) is 4.52 Å². The number of benzene rings is 1. The van der Waals surface area contributed by atoms with Crippen molar-refractivity contribution in [2.24, 2.45) is 0 Å². The Morgan fingerprint density at radius 3 is 2.58 bits per heavy atom. The van der Waals surface area contributed by atoms with Crippen molar-refractivity contribution < 1.29 is 4.79 Å². The highest BCUT2D eigenvalue weighted by Gasteiger charge is 2.11. The van der Waals surface area contributed by atoms with Crippen LogP contribution < -0.4 is 11.1 Å². The number of carbonyl (C=O) groups excluding carboxylic acids is 1. The van der Waals surface area contributed by atoms with E-state index in [2.05, 4.69) is 20.4 Å². The Bertz CT molecular complexity index is 1090. The summed E-state index contributed by atoms with van der Waals surface area (Å²) in [6, 6.07) is 16.9. The SMILES string of the molecule is CC(=O)Nc1ccc(-c2cc(N)n3nc(-c4ccccn4)nc3c2)cc1. The van der Waals surface area contributed by atoms with E-state index in [1.165, 1.54) is 6.92 Å². The van der Waals surface area contributed by atoms with Gasteiger partial charge in [0.05, 0.1) is 0 Å². The molecule has 4 aromatic rings. The second-order valence-electron chi connectivity index (χ2n) is 5.85. The van der Waals surface area contributed by atoms with Gasteiger partial charge in [0.1, 0.15) is 11.5 Å². The summed E-state index contributed by atoms with van der Waals surface area (Å²) in [7, 11) is 0. The number of pyridine rings is 2. The second-order valence-corrected chi connectivity index (χ2v) is 5.85. The molecular formula is C19H16N6O. The minimum absolute atomic E-state index is 0.103. The third-order valence-electron chi connectivity index (χ3n) is 3.90. The molecule has 3 N–H and O–H groups in total. The highest BCUT2D eigenvalue weighted by atomic mass is 16.1. The van der Waals surface area contributed by atoms with E-state index in [1.807, 2.05) is 54.6 Å². The molecule has 0 radical (unpaired) electrons. The average molecular weight is 344 g/mol. The van der Waals surface area contributed by atoms with Crippen LogP contribution in [0.2, 0.25) is 0 Å². The summed E-state index contributed by atoms with van der Waals surface area (Å²) in [5, 5.41) is 7.18. The molecule has 0 aliphatic heterocycles. The molecule has 4 rings (SSSR count). The molecule has 0 spiro atoms. The van der Waals surface area contributed by atoms with Gasteiger partial charge in [-0.1, -0.05) is 18.2 Å². The summed E-state index contributed by atoms with van der Waals surface area (Å²) in [5.41, 5.74) is 10.1. The van der Waals surface area contributed by atoms with Crippen LogP contribution in [0.25, 0.3) is 28.3 Å². The van der Waals surface area contributed by atoms with E-state index in [0.29, 0.717) is 23.0 Å². The van der Waals surface area contributed by atoms with Crippen LogP contribution >= 0.6 is 0 Å². The number of amides is 1. The molecular weight excluding hydrogens is 328 g/mol. The van der Waals surface area contributed by atoms with Crippen LogP contribution in [0.4, 0.5) is 11.5 Å². The van der Waals surface area contributed by atoms with Gasteiger partial charge in [0.15, 0.2) is 5.65 Å². The first-order valence-corrected chi connectivity index (χ1v) is 8.06. The van der Waals surface area contributed by atoms with Gasteiger partial charge in [-0.05, 0) is 47.5 Å². The predicted octanol–water partition coefficient (Wildman–Crippen LogP) is 3.00. The molecule has 0 unspecified atom stereocenters. The van der Waals surface area contributed by atoms with Crippen LogP contribution in [0.3, 0.4) is 0 Å². The highest BCUT2D eigenvalue weighted by Crippen LogP contribution is 2.26. The first-order chi connectivity index (χ1) is 12.6. The number of rotatable bonds is 3. The van der Waals surface area contributed by atoms with Gasteiger partial charge < -0.3 is 11.1 Å². The maximum Gasteiger partial charge on any atom is 0.221 e. The van der Waals surface area contributed by atoms with Gasteiger partial charge in [0, 0.05) is 18.8 Å². The number of aromatic nitrogens is 4. The minimum atomic E-state index is -0.103. The Morgan fingerprint density at radius 2 is 1.88 bits per heavy atom. The number of nitrogen functional groups attached to an aromatic ring is 1. The third kappa shape index (κ3) is 2.98. The van der Waals surface area contributed by atoms with Crippen molar-refractivity contribution in [1.82, 2.24) is 19.6 Å². The van der Waals surface area contributed by atoms with E-state index in [4.69, 9.17) is 5.73 Å². The number of nitrogens with one attached hydrogen (secondary N) is 1. The van der Waals surface area contributed by atoms with Crippen molar-refractivity contribution in [2.45, 2.75) is 6.92 Å². The lowest BCUT2D eigenvalue weighted by Gasteiger charge is -2.06. The predicted molar refractivity (Wildman–Crippen MR) is 100 cm³/mol. The fourth-order valence-electron chi connectivity index (χ4n) is 2.73. The number of carbonyl (C=O) groups is 1. The molecule has 0 atom stereocenters. The Labute approximate surface area is 149 Å². The van der Waals surface area contributed by atoms with Crippen LogP contribution in [0.5, 0.6) is 0 Å². The summed E-state index contributed by atoms with van der Waals surface area (Å²) < 4.78 is 1.60. The first-order valence-electron chi connectivity index (χ1n) is 8.06. The van der Waals surface area contributed by atoms with Crippen LogP contribution in [0.1, 0.15) is 6.92 Å². The van der Waals surface area contributed by atoms with Crippen molar-refractivity contribution in [3.8, 4) is 22.6 Å². The van der Waals surface area contributed by atoms with Gasteiger partial charge in [0.2, 0.25) is 11.7 Å². The Balaban J connectivity index is 1.74. The lowest BCUT2D eigenvalue weighted by Crippen LogP contribution is -2.05. The highest BCUT2D eigenvalue weighted by molar-refractivity contribution is 5.89. The second kappa shape index (κ2) is 6.29. The fourth-order valence-corrected chi connectivity index (χ4v) is 2.73. The van der Waals surface area contributed by atoms with Gasteiger partial charge in [0.25, 0.3) is 0 Å². The summed E-state index contributed by atoms with van der Waals surface area (Å²) in [4.78, 5) is 19.9. The van der Waals surface area contributed by atoms with Crippen LogP contribution in [0.15, 0.2) is 60.8 Å². The van der Waals surface area contributed by atoms with Gasteiger partial charge in [-0.15, -0.1) is 5.10 Å². The average Bonchev–Trinajstić information content (AvgIpc) is 3.07. The molecule has 0 aliphatic carbocycles. The number of fused-ring (bicyclic) bond motifs is 1. The van der Waals surface area contributed by atoms with Crippen molar-refractivity contribution in [1.29, 1.82) is 0 Å². The van der Waals surface area contributed by atoms with Crippen molar-refractivity contribution in [3.63, 3.8) is 0 Å². The summed E-state index contributed by atoms with van der Waals surface area (Å²) in [5.74, 6) is 0.905. The smallest absolute Gasteiger partial charge is 0.221 e. The number of anilines is 2. The van der Waals surface area contributed by atoms with Crippen LogP contribution in [-0.2, 0) is 4.79 Å². The fraction of sp³-hybridized carbons (Fsp3) is 0.0526. The van der Waals surface area contributed by atoms with Gasteiger partial charge >= 0.3 is 0 Å². The maximum absolute atomic E-state index is 11.1. The summed E-state index contributed by atoms with van der Waals surface area (Å²) in [6.07, 6.45) is 1.70. The molecule has 26 heavy (non-hydrogen) atoms. The van der Waals surface area contributed by atoms with E-state index in [9.17, 15) is 4.79 Å². The molecule has 128 valence electrons. The monoisotopic (exact) mass is 344 g/mol. The third-order valence-corrected chi connectivity index (χ3v) is 3.90. The molecule has 0 saturated heterocycles. The van der Waals surface area contributed by atoms with Crippen molar-refractivity contribution in [3.05, 3.63) is 60.8 Å². The number of nitrogens with zero attached hydrogens (tertiary/aromatic N) is 4. The number of hydrogen-bond donors (Lipinski definition) is 2. The molecule has 7 heteroatoms. The summed E-state index contributed by atoms with van der Waals surface area (Å²) in [6.45, 7) is 1.48. The van der Waals surface area contributed by atoms with E-state index in [-0.39, 0.29) is 5.91 Å². The lowest BCUT2D eigenvalue weighted by atomic mass is 10.1. The van der Waals surface area contributed by atoms with Crippen LogP contribution in [0, 0.1) is 0 Å². The normalized spacial score (nSPS) is 10.8. The summed E-state index contributed by atoms with van der Waals surface area (Å²) >= 11 is 0. The quantitative estimate of drug-likeness (QED) is 0.595. The Morgan fingerprint density at radius 1 is 1.08 bits per heavy atom. The van der Waals surface area contributed by atoms with Gasteiger partial charge in [-0.3, -0.25) is 9.78 Å². The molecule has 3 aromatic heterocycles. The van der Waals surface area contributed by atoms with Crippen molar-refractivity contribution >= 4 is 23.1 Å². The largest absolute Gasteiger partial charge is 0.384 e. The van der Waals surface area contributed by atoms with E-state index < -0.39 is 0 Å². The molecule has 1 aromatic carbocycles. The van der Waals surface area contributed by atoms with Crippen molar-refractivity contribution in [2.75, 3.05) is 11.1 Å². The van der Waals surface area contributed by atoms with Gasteiger partial charge in [-0.25, -0.2) is 4.98 Å². The first kappa shape index (κ1) is 15.8. The molecule has 0 bridgehead atoms. The lowest BCUT2D eigenvalue weighted by molar-refractivity contribution is -0.114. The van der Waals surface area contributed by atoms with E-state index >= 15 is 0 Å². The molecule has 0 aliphatic rings. The standard InChI is InChI=1S/C19H16N6O/c1-12(26)22-15-7-5-13(6-8-15)14-10-17(20)25-18(11-14)23-19(24-25)16-4-2-3-9-21-16/h2-11H,20H2,1H3,(H,22,26). The maximum atomic E-state index is 11.1. The topological polar surface area (TPSA) is 98.2 Å².